The Bertz CT molecular complexity index is 455. The number of aliphatic hydroxyl groups excluding tert-OH is 1. The summed E-state index contributed by atoms with van der Waals surface area (Å²) in [6, 6.07) is 2.51. The zero-order valence-electron chi connectivity index (χ0n) is 9.88. The van der Waals surface area contributed by atoms with Gasteiger partial charge in [0.05, 0.1) is 6.54 Å². The maximum atomic E-state index is 11.9. The van der Waals surface area contributed by atoms with E-state index in [-0.39, 0.29) is 30.2 Å². The number of hydrogen-bond acceptors (Lipinski definition) is 5. The van der Waals surface area contributed by atoms with Gasteiger partial charge in [-0.3, -0.25) is 0 Å². The molecule has 6 nitrogen and oxygen atoms in total. The lowest BCUT2D eigenvalue weighted by atomic mass is 10.1. The van der Waals surface area contributed by atoms with Crippen LogP contribution in [0, 0.1) is 5.92 Å². The van der Waals surface area contributed by atoms with Crippen LogP contribution in [0.3, 0.4) is 0 Å². The third kappa shape index (κ3) is 3.53. The molecule has 1 aromatic rings. The van der Waals surface area contributed by atoms with Gasteiger partial charge in [0.15, 0.2) is 0 Å². The van der Waals surface area contributed by atoms with E-state index in [9.17, 15) is 8.42 Å². The summed E-state index contributed by atoms with van der Waals surface area (Å²) in [6.45, 7) is 3.50. The van der Waals surface area contributed by atoms with Crippen molar-refractivity contribution in [3.63, 3.8) is 0 Å². The van der Waals surface area contributed by atoms with Gasteiger partial charge in [-0.2, -0.15) is 0 Å². The van der Waals surface area contributed by atoms with Gasteiger partial charge in [0.25, 0.3) is 10.0 Å². The van der Waals surface area contributed by atoms with Crippen LogP contribution in [0.4, 0.5) is 0 Å². The minimum absolute atomic E-state index is 0.0874. The molecule has 7 heteroatoms. The first-order valence-corrected chi connectivity index (χ1v) is 6.81. The van der Waals surface area contributed by atoms with Crippen molar-refractivity contribution in [1.82, 2.24) is 4.72 Å². The van der Waals surface area contributed by atoms with Crippen LogP contribution < -0.4 is 10.5 Å². The van der Waals surface area contributed by atoms with Crippen LogP contribution in [0.25, 0.3) is 0 Å². The predicted octanol–water partition coefficient (Wildman–Crippen LogP) is 0.0335. The summed E-state index contributed by atoms with van der Waals surface area (Å²) < 4.78 is 31.2. The van der Waals surface area contributed by atoms with Crippen LogP contribution in [0.5, 0.6) is 0 Å². The molecular weight excluding hydrogens is 244 g/mol. The molecule has 0 aliphatic heterocycles. The molecule has 1 heterocycles. The summed E-state index contributed by atoms with van der Waals surface area (Å²) in [7, 11) is -3.69. The van der Waals surface area contributed by atoms with Gasteiger partial charge in [-0.25, -0.2) is 13.1 Å². The third-order valence-electron chi connectivity index (χ3n) is 2.59. The zero-order chi connectivity index (χ0) is 13.1. The molecular formula is C10H18N2O4S. The van der Waals surface area contributed by atoms with Gasteiger partial charge in [0.2, 0.25) is 5.09 Å². The first kappa shape index (κ1) is 14.2. The Morgan fingerprint density at radius 3 is 2.59 bits per heavy atom. The van der Waals surface area contributed by atoms with E-state index in [0.29, 0.717) is 5.76 Å². The standard InChI is InChI=1S/C10H18N2O4S/c1-7(6-13)8(2)12-17(14,15)10-4-3-9(5-11)16-10/h3-4,7-8,12-13H,5-6,11H2,1-2H3. The van der Waals surface area contributed by atoms with E-state index in [0.717, 1.165) is 0 Å². The second-order valence-corrected chi connectivity index (χ2v) is 5.64. The number of nitrogens with one attached hydrogen (secondary N) is 1. The average Bonchev–Trinajstić information content (AvgIpc) is 2.76. The van der Waals surface area contributed by atoms with E-state index in [1.165, 1.54) is 12.1 Å². The quantitative estimate of drug-likeness (QED) is 0.671. The monoisotopic (exact) mass is 262 g/mol. The molecule has 98 valence electrons. The Balaban J connectivity index is 2.81. The molecule has 1 aromatic heterocycles. The van der Waals surface area contributed by atoms with Gasteiger partial charge >= 0.3 is 0 Å². The Morgan fingerprint density at radius 1 is 1.47 bits per heavy atom. The van der Waals surface area contributed by atoms with Crippen LogP contribution in [-0.4, -0.2) is 26.2 Å². The second kappa shape index (κ2) is 5.63. The average molecular weight is 262 g/mol. The minimum Gasteiger partial charge on any atom is -0.447 e. The Labute approximate surface area is 101 Å². The van der Waals surface area contributed by atoms with Crippen LogP contribution in [0.2, 0.25) is 0 Å². The highest BCUT2D eigenvalue weighted by Gasteiger charge is 2.23. The van der Waals surface area contributed by atoms with E-state index in [2.05, 4.69) is 4.72 Å². The third-order valence-corrected chi connectivity index (χ3v) is 4.02. The van der Waals surface area contributed by atoms with E-state index in [1.54, 1.807) is 13.8 Å². The SMILES string of the molecule is CC(CO)C(C)NS(=O)(=O)c1ccc(CN)o1. The van der Waals surface area contributed by atoms with Crippen LogP contribution in [0.15, 0.2) is 21.6 Å². The highest BCUT2D eigenvalue weighted by Crippen LogP contribution is 2.15. The highest BCUT2D eigenvalue weighted by atomic mass is 32.2. The van der Waals surface area contributed by atoms with E-state index in [4.69, 9.17) is 15.3 Å². The summed E-state index contributed by atoms with van der Waals surface area (Å²) in [6.07, 6.45) is 0. The lowest BCUT2D eigenvalue weighted by Crippen LogP contribution is -2.38. The maximum absolute atomic E-state index is 11.9. The summed E-state index contributed by atoms with van der Waals surface area (Å²) in [5, 5.41) is 8.78. The molecule has 0 fully saturated rings. The first-order valence-electron chi connectivity index (χ1n) is 5.32. The number of furan rings is 1. The number of aliphatic hydroxyl groups is 1. The largest absolute Gasteiger partial charge is 0.447 e. The van der Waals surface area contributed by atoms with Crippen LogP contribution >= 0.6 is 0 Å². The fourth-order valence-corrected chi connectivity index (χ4v) is 2.49. The lowest BCUT2D eigenvalue weighted by molar-refractivity contribution is 0.216. The minimum atomic E-state index is -3.69. The highest BCUT2D eigenvalue weighted by molar-refractivity contribution is 7.89. The van der Waals surface area contributed by atoms with Gasteiger partial charge < -0.3 is 15.3 Å². The summed E-state index contributed by atoms with van der Waals surface area (Å²) >= 11 is 0. The van der Waals surface area contributed by atoms with E-state index < -0.39 is 10.0 Å². The molecule has 2 atom stereocenters. The molecule has 2 unspecified atom stereocenters. The first-order chi connectivity index (χ1) is 7.90. The Hall–Kier alpha value is -0.890. The summed E-state index contributed by atoms with van der Waals surface area (Å²) in [5.74, 6) is 0.238. The molecule has 0 spiro atoms. The van der Waals surface area contributed by atoms with Crippen LogP contribution in [0.1, 0.15) is 19.6 Å². The van der Waals surface area contributed by atoms with Gasteiger partial charge in [0, 0.05) is 12.6 Å². The molecule has 0 amide bonds. The molecule has 1 rings (SSSR count). The fraction of sp³-hybridized carbons (Fsp3) is 0.600. The smallest absolute Gasteiger partial charge is 0.274 e. The van der Waals surface area contributed by atoms with Crippen molar-refractivity contribution < 1.29 is 17.9 Å². The van der Waals surface area contributed by atoms with E-state index in [1.807, 2.05) is 0 Å². The Kier molecular flexibility index (Phi) is 4.70. The van der Waals surface area contributed by atoms with Crippen molar-refractivity contribution in [1.29, 1.82) is 0 Å². The topological polar surface area (TPSA) is 106 Å². The number of rotatable bonds is 6. The Morgan fingerprint density at radius 2 is 2.12 bits per heavy atom. The maximum Gasteiger partial charge on any atom is 0.274 e. The molecule has 17 heavy (non-hydrogen) atoms. The van der Waals surface area contributed by atoms with Gasteiger partial charge in [-0.05, 0) is 25.0 Å². The summed E-state index contributed by atoms with van der Waals surface area (Å²) in [5.41, 5.74) is 5.34. The van der Waals surface area contributed by atoms with Crippen molar-refractivity contribution in [2.45, 2.75) is 31.5 Å². The van der Waals surface area contributed by atoms with Gasteiger partial charge in [0.1, 0.15) is 5.76 Å². The number of hydrogen-bond donors (Lipinski definition) is 3. The van der Waals surface area contributed by atoms with Crippen molar-refractivity contribution in [2.75, 3.05) is 6.61 Å². The number of nitrogens with two attached hydrogens (primary N) is 1. The molecule has 0 aromatic carbocycles. The normalized spacial score (nSPS) is 15.8. The van der Waals surface area contributed by atoms with Gasteiger partial charge in [-0.1, -0.05) is 6.92 Å². The predicted molar refractivity (Wildman–Crippen MR) is 62.6 cm³/mol. The van der Waals surface area contributed by atoms with Crippen molar-refractivity contribution in [2.24, 2.45) is 11.7 Å². The van der Waals surface area contributed by atoms with Crippen molar-refractivity contribution in [3.8, 4) is 0 Å². The van der Waals surface area contributed by atoms with Crippen molar-refractivity contribution in [3.05, 3.63) is 17.9 Å². The molecule has 0 aliphatic rings. The number of sulfonamides is 1. The molecule has 0 saturated heterocycles. The van der Waals surface area contributed by atoms with Gasteiger partial charge in [-0.15, -0.1) is 0 Å². The zero-order valence-corrected chi connectivity index (χ0v) is 10.7. The molecule has 4 N–H and O–H groups in total. The molecule has 0 radical (unpaired) electrons. The lowest BCUT2D eigenvalue weighted by Gasteiger charge is -2.18. The second-order valence-electron chi connectivity index (χ2n) is 3.99. The summed E-state index contributed by atoms with van der Waals surface area (Å²) in [4.78, 5) is 0. The van der Waals surface area contributed by atoms with E-state index >= 15 is 0 Å². The molecule has 0 saturated carbocycles. The molecule has 0 bridgehead atoms. The van der Waals surface area contributed by atoms with Crippen molar-refractivity contribution >= 4 is 10.0 Å². The molecule has 0 aliphatic carbocycles. The fourth-order valence-electron chi connectivity index (χ4n) is 1.19. The van der Waals surface area contributed by atoms with Crippen LogP contribution in [-0.2, 0) is 16.6 Å².